The summed E-state index contributed by atoms with van der Waals surface area (Å²) in [5.74, 6) is -0.517. The van der Waals surface area contributed by atoms with Gasteiger partial charge >= 0.3 is 0 Å². The summed E-state index contributed by atoms with van der Waals surface area (Å²) in [6, 6.07) is 11.8. The number of hydrogen-bond acceptors (Lipinski definition) is 6. The Bertz CT molecular complexity index is 1460. The van der Waals surface area contributed by atoms with Gasteiger partial charge in [0.2, 0.25) is 5.91 Å². The number of nitrogens with one attached hydrogen (secondary N) is 3. The Morgan fingerprint density at radius 1 is 1.11 bits per heavy atom. The second-order valence-corrected chi connectivity index (χ2v) is 8.98. The molecule has 3 N–H and O–H groups in total. The van der Waals surface area contributed by atoms with Crippen molar-refractivity contribution in [3.8, 4) is 16.9 Å². The Labute approximate surface area is 221 Å². The van der Waals surface area contributed by atoms with E-state index < -0.39 is 11.4 Å². The van der Waals surface area contributed by atoms with E-state index in [1.54, 1.807) is 55.8 Å². The van der Waals surface area contributed by atoms with Crippen LogP contribution < -0.4 is 26.2 Å². The second-order valence-electron chi connectivity index (χ2n) is 8.98. The number of carbonyl (C=O) groups is 2. The normalized spacial score (nSPS) is 11.6. The number of anilines is 2. The van der Waals surface area contributed by atoms with E-state index in [9.17, 15) is 18.8 Å². The molecule has 0 radical (unpaired) electrons. The van der Waals surface area contributed by atoms with Gasteiger partial charge in [-0.05, 0) is 63.2 Å². The molecule has 3 rings (SSSR count). The summed E-state index contributed by atoms with van der Waals surface area (Å²) >= 11 is 0. The van der Waals surface area contributed by atoms with Crippen molar-refractivity contribution in [1.82, 2.24) is 9.88 Å². The molecule has 3 aromatic rings. The number of benzene rings is 2. The highest BCUT2D eigenvalue weighted by Gasteiger charge is 2.26. The third-order valence-corrected chi connectivity index (χ3v) is 6.15. The molecular weight excluding hydrogens is 487 g/mol. The van der Waals surface area contributed by atoms with Crippen LogP contribution in [-0.2, 0) is 16.1 Å². The molecular formula is C29H33FN4O4. The van der Waals surface area contributed by atoms with Crippen molar-refractivity contribution in [2.45, 2.75) is 34.2 Å². The number of rotatable bonds is 10. The smallest absolute Gasteiger partial charge is 0.264 e. The largest absolute Gasteiger partial charge is 0.495 e. The van der Waals surface area contributed by atoms with E-state index in [0.717, 1.165) is 5.56 Å². The summed E-state index contributed by atoms with van der Waals surface area (Å²) < 4.78 is 22.3. The fourth-order valence-corrected chi connectivity index (χ4v) is 4.30. The van der Waals surface area contributed by atoms with Gasteiger partial charge in [0.25, 0.3) is 5.56 Å². The first kappa shape index (κ1) is 28.3. The SMILES string of the molecule is CNCCn1c(C)c(-c2cccc(NC(C)=O)c2)c(OC)c(/C(Nc2ccc(C)cc2F)=C(/C)C=O)c1=O. The summed E-state index contributed by atoms with van der Waals surface area (Å²) in [7, 11) is 3.23. The van der Waals surface area contributed by atoms with Crippen LogP contribution in [0.4, 0.5) is 15.8 Å². The highest BCUT2D eigenvalue weighted by Crippen LogP contribution is 2.39. The minimum atomic E-state index is -0.522. The Morgan fingerprint density at radius 3 is 2.45 bits per heavy atom. The number of nitrogens with zero attached hydrogens (tertiary/aromatic N) is 1. The number of carbonyl (C=O) groups excluding carboxylic acids is 2. The lowest BCUT2D eigenvalue weighted by atomic mass is 9.96. The van der Waals surface area contributed by atoms with Crippen LogP contribution in [0.3, 0.4) is 0 Å². The van der Waals surface area contributed by atoms with Crippen molar-refractivity contribution >= 4 is 29.3 Å². The Kier molecular flexibility index (Phi) is 9.20. The third kappa shape index (κ3) is 6.00. The zero-order valence-corrected chi connectivity index (χ0v) is 22.5. The highest BCUT2D eigenvalue weighted by atomic mass is 19.1. The molecule has 9 heteroatoms. The predicted octanol–water partition coefficient (Wildman–Crippen LogP) is 4.50. The maximum Gasteiger partial charge on any atom is 0.264 e. The molecule has 0 saturated carbocycles. The molecule has 2 aromatic carbocycles. The summed E-state index contributed by atoms with van der Waals surface area (Å²) in [6.07, 6.45) is 0.613. The van der Waals surface area contributed by atoms with Crippen molar-refractivity contribution in [3.63, 3.8) is 0 Å². The third-order valence-electron chi connectivity index (χ3n) is 6.15. The van der Waals surface area contributed by atoms with Gasteiger partial charge < -0.3 is 25.3 Å². The molecule has 0 aliphatic rings. The fraction of sp³-hybridized carbons (Fsp3) is 0.276. The highest BCUT2D eigenvalue weighted by molar-refractivity contribution is 5.96. The lowest BCUT2D eigenvalue weighted by molar-refractivity contribution is -0.114. The second kappa shape index (κ2) is 12.3. The van der Waals surface area contributed by atoms with Crippen LogP contribution in [0.15, 0.2) is 52.8 Å². The van der Waals surface area contributed by atoms with Crippen LogP contribution in [0.25, 0.3) is 16.8 Å². The number of aromatic nitrogens is 1. The molecule has 200 valence electrons. The summed E-state index contributed by atoms with van der Waals surface area (Å²) in [5, 5.41) is 8.81. The molecule has 0 fully saturated rings. The van der Waals surface area contributed by atoms with Gasteiger partial charge in [-0.25, -0.2) is 4.39 Å². The first-order chi connectivity index (χ1) is 18.1. The summed E-state index contributed by atoms with van der Waals surface area (Å²) in [6.45, 7) is 7.39. The average Bonchev–Trinajstić information content (AvgIpc) is 2.87. The minimum Gasteiger partial charge on any atom is -0.495 e. The monoisotopic (exact) mass is 520 g/mol. The van der Waals surface area contributed by atoms with Gasteiger partial charge in [0.05, 0.1) is 18.5 Å². The molecule has 8 nitrogen and oxygen atoms in total. The molecule has 0 aliphatic heterocycles. The predicted molar refractivity (Wildman–Crippen MR) is 149 cm³/mol. The molecule has 0 saturated heterocycles. The van der Waals surface area contributed by atoms with E-state index in [1.807, 2.05) is 13.0 Å². The first-order valence-corrected chi connectivity index (χ1v) is 12.2. The molecule has 1 heterocycles. The van der Waals surface area contributed by atoms with Crippen LogP contribution in [0.5, 0.6) is 5.75 Å². The number of pyridine rings is 1. The van der Waals surface area contributed by atoms with Crippen molar-refractivity contribution in [1.29, 1.82) is 0 Å². The Balaban J connectivity index is 2.40. The molecule has 1 aromatic heterocycles. The van der Waals surface area contributed by atoms with Gasteiger partial charge in [-0.15, -0.1) is 0 Å². The lowest BCUT2D eigenvalue weighted by Crippen LogP contribution is -2.31. The zero-order valence-electron chi connectivity index (χ0n) is 22.5. The first-order valence-electron chi connectivity index (χ1n) is 12.2. The minimum absolute atomic E-state index is 0.0960. The van der Waals surface area contributed by atoms with Crippen LogP contribution in [0, 0.1) is 19.7 Å². The van der Waals surface area contributed by atoms with E-state index in [1.165, 1.54) is 20.1 Å². The van der Waals surface area contributed by atoms with E-state index in [2.05, 4.69) is 16.0 Å². The number of methoxy groups -OCH3 is 1. The quantitative estimate of drug-likeness (QED) is 0.269. The number of hydrogen-bond donors (Lipinski definition) is 3. The molecule has 0 aliphatic carbocycles. The molecule has 0 bridgehead atoms. The molecule has 0 spiro atoms. The van der Waals surface area contributed by atoms with Crippen molar-refractivity contribution in [2.24, 2.45) is 0 Å². The van der Waals surface area contributed by atoms with Gasteiger partial charge in [-0.1, -0.05) is 18.2 Å². The maximum absolute atomic E-state index is 14.8. The van der Waals surface area contributed by atoms with E-state index >= 15 is 0 Å². The molecule has 0 unspecified atom stereocenters. The number of likely N-dealkylation sites (N-methyl/N-ethyl adjacent to an activating group) is 1. The van der Waals surface area contributed by atoms with Crippen molar-refractivity contribution < 1.29 is 18.7 Å². The molecule has 0 atom stereocenters. The van der Waals surface area contributed by atoms with Gasteiger partial charge in [0.1, 0.15) is 23.4 Å². The molecule has 1 amide bonds. The number of amides is 1. The van der Waals surface area contributed by atoms with Crippen LogP contribution in [-0.4, -0.2) is 37.5 Å². The lowest BCUT2D eigenvalue weighted by Gasteiger charge is -2.23. The van der Waals surface area contributed by atoms with Gasteiger partial charge in [-0.3, -0.25) is 14.4 Å². The Hall–Kier alpha value is -4.24. The standard InChI is InChI=1S/C29H33FN4O4/c1-17-10-11-24(23(30)14-17)33-27(18(2)16-35)26-28(38-6)25(19(3)34(29(26)37)13-12-31-5)21-8-7-9-22(15-21)32-20(4)36/h7-11,14-16,31,33H,12-13H2,1-6H3,(H,32,36)/b27-18+. The number of aryl methyl sites for hydroxylation is 1. The van der Waals surface area contributed by atoms with Gasteiger partial charge in [0, 0.05) is 42.5 Å². The van der Waals surface area contributed by atoms with E-state index in [-0.39, 0.29) is 34.2 Å². The zero-order chi connectivity index (χ0) is 28.0. The topological polar surface area (TPSA) is 101 Å². The number of allylic oxidation sites excluding steroid dienone is 1. The van der Waals surface area contributed by atoms with Crippen LogP contribution in [0.2, 0.25) is 0 Å². The summed E-state index contributed by atoms with van der Waals surface area (Å²) in [5.41, 5.74) is 3.39. The van der Waals surface area contributed by atoms with E-state index in [4.69, 9.17) is 4.74 Å². The van der Waals surface area contributed by atoms with Gasteiger partial charge in [0.15, 0.2) is 0 Å². The summed E-state index contributed by atoms with van der Waals surface area (Å²) in [4.78, 5) is 37.6. The van der Waals surface area contributed by atoms with Crippen LogP contribution in [0.1, 0.15) is 30.7 Å². The van der Waals surface area contributed by atoms with E-state index in [0.29, 0.717) is 41.9 Å². The maximum atomic E-state index is 14.8. The fourth-order valence-electron chi connectivity index (χ4n) is 4.30. The number of aldehydes is 1. The number of ether oxygens (including phenoxy) is 1. The average molecular weight is 521 g/mol. The molecule has 38 heavy (non-hydrogen) atoms. The Morgan fingerprint density at radius 2 is 1.84 bits per heavy atom. The van der Waals surface area contributed by atoms with Crippen LogP contribution >= 0.6 is 0 Å². The number of halogens is 1. The van der Waals surface area contributed by atoms with Gasteiger partial charge in [-0.2, -0.15) is 0 Å². The van der Waals surface area contributed by atoms with Crippen molar-refractivity contribution in [2.75, 3.05) is 31.3 Å². The van der Waals surface area contributed by atoms with Crippen molar-refractivity contribution in [3.05, 3.63) is 81.0 Å².